The number of hydrogen-bond acceptors (Lipinski definition) is 4. The molecule has 0 bridgehead atoms. The molecule has 4 nitrogen and oxygen atoms in total. The summed E-state index contributed by atoms with van der Waals surface area (Å²) in [6.07, 6.45) is 0. The van der Waals surface area contributed by atoms with Gasteiger partial charge in [-0.25, -0.2) is 0 Å². The van der Waals surface area contributed by atoms with Crippen molar-refractivity contribution in [1.29, 1.82) is 0 Å². The molecule has 2 N–H and O–H groups in total. The summed E-state index contributed by atoms with van der Waals surface area (Å²) in [5, 5.41) is 4.51. The summed E-state index contributed by atoms with van der Waals surface area (Å²) in [7, 11) is 0. The van der Waals surface area contributed by atoms with Crippen LogP contribution in [0.2, 0.25) is 5.02 Å². The Morgan fingerprint density at radius 1 is 1.29 bits per heavy atom. The van der Waals surface area contributed by atoms with Gasteiger partial charge in [0.1, 0.15) is 18.1 Å². The minimum Gasteiger partial charge on any atom is -0.487 e. The smallest absolute Gasteiger partial charge is 0.222 e. The Morgan fingerprint density at radius 3 is 2.47 bits per heavy atom. The molecule has 90 valence electrons. The van der Waals surface area contributed by atoms with Crippen LogP contribution in [0.4, 0.5) is 5.88 Å². The van der Waals surface area contributed by atoms with Gasteiger partial charge in [-0.2, -0.15) is 0 Å². The minimum absolute atomic E-state index is 0.284. The Balaban J connectivity index is 2.09. The average Bonchev–Trinajstić information content (AvgIpc) is 2.69. The second-order valence-corrected chi connectivity index (χ2v) is 4.26. The zero-order valence-electron chi connectivity index (χ0n) is 9.66. The van der Waals surface area contributed by atoms with Crippen molar-refractivity contribution < 1.29 is 9.26 Å². The summed E-state index contributed by atoms with van der Waals surface area (Å²) in [5.74, 6) is 1.04. The zero-order chi connectivity index (χ0) is 12.4. The van der Waals surface area contributed by atoms with Crippen molar-refractivity contribution in [3.8, 4) is 5.75 Å². The molecule has 2 rings (SSSR count). The van der Waals surface area contributed by atoms with Gasteiger partial charge in [0.05, 0.1) is 0 Å². The first-order valence-corrected chi connectivity index (χ1v) is 5.54. The Kier molecular flexibility index (Phi) is 3.24. The van der Waals surface area contributed by atoms with Crippen LogP contribution in [0.5, 0.6) is 5.75 Å². The molecule has 0 saturated carbocycles. The molecule has 0 unspecified atom stereocenters. The summed E-state index contributed by atoms with van der Waals surface area (Å²) in [5.41, 5.74) is 8.05. The molecule has 1 aromatic carbocycles. The molecule has 1 aromatic heterocycles. The van der Waals surface area contributed by atoms with Crippen molar-refractivity contribution in [3.63, 3.8) is 0 Å². The molecular weight excluding hydrogens is 240 g/mol. The van der Waals surface area contributed by atoms with E-state index in [0.29, 0.717) is 12.3 Å². The van der Waals surface area contributed by atoms with Crippen molar-refractivity contribution in [3.05, 3.63) is 40.0 Å². The van der Waals surface area contributed by atoms with Crippen molar-refractivity contribution >= 4 is 17.5 Å². The normalized spacial score (nSPS) is 10.5. The number of ether oxygens (including phenoxy) is 1. The van der Waals surface area contributed by atoms with Gasteiger partial charge in [-0.1, -0.05) is 16.8 Å². The largest absolute Gasteiger partial charge is 0.487 e. The van der Waals surface area contributed by atoms with Crippen molar-refractivity contribution in [1.82, 2.24) is 5.16 Å². The number of halogens is 1. The highest BCUT2D eigenvalue weighted by Gasteiger charge is 2.05. The fourth-order valence-electron chi connectivity index (χ4n) is 1.54. The first kappa shape index (κ1) is 11.8. The molecule has 0 atom stereocenters. The Hall–Kier alpha value is -1.68. The standard InChI is InChI=1S/C12H13ClN2O2/c1-7-3-10(4-8(2)12(7)13)16-6-9-5-11(14)17-15-9/h3-5H,6,14H2,1-2H3. The number of hydrogen-bond donors (Lipinski definition) is 1. The van der Waals surface area contributed by atoms with E-state index in [4.69, 9.17) is 26.6 Å². The molecule has 0 fully saturated rings. The lowest BCUT2D eigenvalue weighted by molar-refractivity contribution is 0.290. The van der Waals surface area contributed by atoms with E-state index in [1.165, 1.54) is 0 Å². The fraction of sp³-hybridized carbons (Fsp3) is 0.250. The van der Waals surface area contributed by atoms with E-state index in [2.05, 4.69) is 5.16 Å². The topological polar surface area (TPSA) is 61.3 Å². The number of aryl methyl sites for hydroxylation is 2. The van der Waals surface area contributed by atoms with Crippen LogP contribution in [-0.2, 0) is 6.61 Å². The SMILES string of the molecule is Cc1cc(OCc2cc(N)on2)cc(C)c1Cl. The highest BCUT2D eigenvalue weighted by Crippen LogP contribution is 2.26. The van der Waals surface area contributed by atoms with Crippen molar-refractivity contribution in [2.75, 3.05) is 5.73 Å². The van der Waals surface area contributed by atoms with Crippen LogP contribution < -0.4 is 10.5 Å². The molecule has 5 heteroatoms. The maximum absolute atomic E-state index is 6.07. The molecule has 0 aliphatic rings. The van der Waals surface area contributed by atoms with Gasteiger partial charge < -0.3 is 15.0 Å². The molecule has 0 saturated heterocycles. The molecule has 2 aromatic rings. The summed E-state index contributed by atoms with van der Waals surface area (Å²) in [6, 6.07) is 5.41. The summed E-state index contributed by atoms with van der Waals surface area (Å²) >= 11 is 6.07. The summed E-state index contributed by atoms with van der Waals surface area (Å²) < 4.78 is 10.3. The van der Waals surface area contributed by atoms with Crippen LogP contribution in [0.15, 0.2) is 22.7 Å². The van der Waals surface area contributed by atoms with Crippen LogP contribution in [0.25, 0.3) is 0 Å². The van der Waals surface area contributed by atoms with Crippen molar-refractivity contribution in [2.45, 2.75) is 20.5 Å². The molecule has 0 radical (unpaired) electrons. The van der Waals surface area contributed by atoms with Gasteiger partial charge in [0.15, 0.2) is 0 Å². The second kappa shape index (κ2) is 4.67. The first-order chi connectivity index (χ1) is 8.06. The van der Waals surface area contributed by atoms with E-state index in [9.17, 15) is 0 Å². The third-order valence-electron chi connectivity index (χ3n) is 2.37. The Labute approximate surface area is 104 Å². The molecule has 1 heterocycles. The zero-order valence-corrected chi connectivity index (χ0v) is 10.4. The highest BCUT2D eigenvalue weighted by atomic mass is 35.5. The van der Waals surface area contributed by atoms with Gasteiger partial charge in [-0.3, -0.25) is 0 Å². The lowest BCUT2D eigenvalue weighted by atomic mass is 10.1. The number of nitrogens with zero attached hydrogens (tertiary/aromatic N) is 1. The van der Waals surface area contributed by atoms with Crippen LogP contribution in [0.1, 0.15) is 16.8 Å². The van der Waals surface area contributed by atoms with E-state index in [1.54, 1.807) is 6.07 Å². The van der Waals surface area contributed by atoms with Crippen molar-refractivity contribution in [2.24, 2.45) is 0 Å². The Bertz CT molecular complexity index is 514. The number of rotatable bonds is 3. The van der Waals surface area contributed by atoms with Gasteiger partial charge in [-0.15, -0.1) is 0 Å². The Morgan fingerprint density at radius 2 is 1.94 bits per heavy atom. The van der Waals surface area contributed by atoms with Gasteiger partial charge in [0, 0.05) is 11.1 Å². The van der Waals surface area contributed by atoms with E-state index in [1.807, 2.05) is 26.0 Å². The van der Waals surface area contributed by atoms with Crippen LogP contribution in [-0.4, -0.2) is 5.16 Å². The molecule has 0 aliphatic heterocycles. The van der Waals surface area contributed by atoms with E-state index in [-0.39, 0.29) is 5.88 Å². The van der Waals surface area contributed by atoms with Crippen LogP contribution >= 0.6 is 11.6 Å². The van der Waals surface area contributed by atoms with Crippen LogP contribution in [0, 0.1) is 13.8 Å². The van der Waals surface area contributed by atoms with Crippen LogP contribution in [0.3, 0.4) is 0 Å². The predicted octanol–water partition coefficient (Wildman–Crippen LogP) is 3.11. The lowest BCUT2D eigenvalue weighted by Gasteiger charge is -2.08. The van der Waals surface area contributed by atoms with Gasteiger partial charge in [-0.05, 0) is 37.1 Å². The average molecular weight is 253 g/mol. The summed E-state index contributed by atoms with van der Waals surface area (Å²) in [6.45, 7) is 4.20. The lowest BCUT2D eigenvalue weighted by Crippen LogP contribution is -1.96. The maximum Gasteiger partial charge on any atom is 0.222 e. The monoisotopic (exact) mass is 252 g/mol. The van der Waals surface area contributed by atoms with E-state index < -0.39 is 0 Å². The number of anilines is 1. The quantitative estimate of drug-likeness (QED) is 0.912. The van der Waals surface area contributed by atoms with Gasteiger partial charge in [0.25, 0.3) is 0 Å². The number of benzene rings is 1. The second-order valence-electron chi connectivity index (χ2n) is 3.88. The van der Waals surface area contributed by atoms with E-state index in [0.717, 1.165) is 21.9 Å². The molecule has 0 spiro atoms. The third-order valence-corrected chi connectivity index (χ3v) is 2.97. The highest BCUT2D eigenvalue weighted by molar-refractivity contribution is 6.32. The predicted molar refractivity (Wildman–Crippen MR) is 66.2 cm³/mol. The molecule has 0 aliphatic carbocycles. The third kappa shape index (κ3) is 2.71. The first-order valence-electron chi connectivity index (χ1n) is 5.17. The summed E-state index contributed by atoms with van der Waals surface area (Å²) in [4.78, 5) is 0. The molecule has 0 amide bonds. The maximum atomic E-state index is 6.07. The number of nitrogens with two attached hydrogens (primary N) is 1. The molecular formula is C12H13ClN2O2. The molecule has 17 heavy (non-hydrogen) atoms. The van der Waals surface area contributed by atoms with E-state index >= 15 is 0 Å². The van der Waals surface area contributed by atoms with Gasteiger partial charge >= 0.3 is 0 Å². The van der Waals surface area contributed by atoms with Gasteiger partial charge in [0.2, 0.25) is 5.88 Å². The fourth-order valence-corrected chi connectivity index (χ4v) is 1.65. The minimum atomic E-state index is 0.284. The number of aromatic nitrogens is 1. The number of nitrogen functional groups attached to an aromatic ring is 1.